The zero-order valence-corrected chi connectivity index (χ0v) is 7.47. The third kappa shape index (κ3) is 1.50. The van der Waals surface area contributed by atoms with Crippen LogP contribution in [0.2, 0.25) is 0 Å². The van der Waals surface area contributed by atoms with Crippen LogP contribution in [0.5, 0.6) is 5.88 Å². The molecule has 1 aromatic heterocycles. The maximum Gasteiger partial charge on any atom is 0.225 e. The number of benzene rings is 1. The third-order valence-electron chi connectivity index (χ3n) is 1.80. The minimum atomic E-state index is 0.223. The molecule has 3 heteroatoms. The summed E-state index contributed by atoms with van der Waals surface area (Å²) in [7, 11) is 0. The molecule has 0 aliphatic heterocycles. The van der Waals surface area contributed by atoms with Crippen LogP contribution in [0.25, 0.3) is 10.9 Å². The summed E-state index contributed by atoms with van der Waals surface area (Å²) in [5, 5.41) is 0.880. The molecule has 68 valence electrons. The smallest absolute Gasteiger partial charge is 0.225 e. The summed E-state index contributed by atoms with van der Waals surface area (Å²) in [6.07, 6.45) is 6.57. The highest BCUT2D eigenvalue weighted by Crippen LogP contribution is 2.19. The molecule has 1 aromatic carbocycles. The molecule has 3 nitrogen and oxygen atoms in total. The Bertz CT molecular complexity index is 483. The number of fused-ring (bicyclic) bond motifs is 1. The molecule has 0 saturated carbocycles. The van der Waals surface area contributed by atoms with E-state index in [2.05, 4.69) is 15.9 Å². The zero-order valence-electron chi connectivity index (χ0n) is 7.47. The fraction of sp³-hybridized carbons (Fsp3) is 0.0909. The topological polar surface area (TPSA) is 35.0 Å². The Kier molecular flexibility index (Phi) is 2.28. The van der Waals surface area contributed by atoms with Gasteiger partial charge in [0.2, 0.25) is 5.88 Å². The van der Waals surface area contributed by atoms with Gasteiger partial charge in [0.15, 0.2) is 6.61 Å². The maximum atomic E-state index is 5.28. The van der Waals surface area contributed by atoms with E-state index in [1.807, 2.05) is 24.3 Å². The van der Waals surface area contributed by atoms with E-state index in [-0.39, 0.29) is 6.61 Å². The average Bonchev–Trinajstić information content (AvgIpc) is 2.26. The van der Waals surface area contributed by atoms with Crippen LogP contribution in [-0.4, -0.2) is 16.6 Å². The van der Waals surface area contributed by atoms with E-state index < -0.39 is 0 Å². The van der Waals surface area contributed by atoms with Crippen molar-refractivity contribution < 1.29 is 4.74 Å². The predicted octanol–water partition coefficient (Wildman–Crippen LogP) is 1.64. The van der Waals surface area contributed by atoms with E-state index in [0.29, 0.717) is 5.88 Å². The molecule has 0 aliphatic rings. The quantitative estimate of drug-likeness (QED) is 0.665. The van der Waals surface area contributed by atoms with Crippen molar-refractivity contribution in [1.29, 1.82) is 0 Å². The highest BCUT2D eigenvalue weighted by atomic mass is 16.5. The minimum absolute atomic E-state index is 0.223. The molecule has 14 heavy (non-hydrogen) atoms. The number of rotatable bonds is 2. The molecular formula is C11H8N2O. The van der Waals surface area contributed by atoms with E-state index >= 15 is 0 Å². The summed E-state index contributed by atoms with van der Waals surface area (Å²) in [6.45, 7) is 0.223. The Morgan fingerprint density at radius 2 is 2.14 bits per heavy atom. The summed E-state index contributed by atoms with van der Waals surface area (Å²) in [5.74, 6) is 2.93. The molecule has 0 unspecified atom stereocenters. The van der Waals surface area contributed by atoms with Gasteiger partial charge < -0.3 is 4.74 Å². The maximum absolute atomic E-state index is 5.28. The van der Waals surface area contributed by atoms with Gasteiger partial charge in [0.1, 0.15) is 6.33 Å². The number of nitrogens with zero attached hydrogens (tertiary/aromatic N) is 2. The molecule has 0 N–H and O–H groups in total. The molecule has 2 rings (SSSR count). The van der Waals surface area contributed by atoms with Crippen molar-refractivity contribution in [3.8, 4) is 18.2 Å². The first-order chi connectivity index (χ1) is 6.92. The third-order valence-corrected chi connectivity index (χ3v) is 1.80. The van der Waals surface area contributed by atoms with Crippen LogP contribution in [0, 0.1) is 12.3 Å². The van der Waals surface area contributed by atoms with E-state index in [4.69, 9.17) is 11.2 Å². The van der Waals surface area contributed by atoms with E-state index in [1.165, 1.54) is 6.33 Å². The largest absolute Gasteiger partial charge is 0.464 e. The lowest BCUT2D eigenvalue weighted by Gasteiger charge is -2.03. The molecule has 0 fully saturated rings. The number of hydrogen-bond acceptors (Lipinski definition) is 3. The molecule has 0 radical (unpaired) electrons. The summed E-state index contributed by atoms with van der Waals surface area (Å²) < 4.78 is 5.28. The number of aromatic nitrogens is 2. The standard InChI is InChI=1S/C11H8N2O/c1-2-7-14-11-9-5-3-4-6-10(9)12-8-13-11/h1,3-6,8H,7H2. The predicted molar refractivity (Wildman–Crippen MR) is 53.9 cm³/mol. The van der Waals surface area contributed by atoms with Gasteiger partial charge >= 0.3 is 0 Å². The first-order valence-electron chi connectivity index (χ1n) is 4.18. The molecular weight excluding hydrogens is 176 g/mol. The van der Waals surface area contributed by atoms with Crippen molar-refractivity contribution in [2.24, 2.45) is 0 Å². The lowest BCUT2D eigenvalue weighted by molar-refractivity contribution is 0.360. The van der Waals surface area contributed by atoms with Crippen LogP contribution in [0.4, 0.5) is 0 Å². The van der Waals surface area contributed by atoms with E-state index in [0.717, 1.165) is 10.9 Å². The molecule has 0 bridgehead atoms. The first kappa shape index (κ1) is 8.52. The van der Waals surface area contributed by atoms with Crippen LogP contribution < -0.4 is 4.74 Å². The van der Waals surface area contributed by atoms with Gasteiger partial charge in [-0.15, -0.1) is 6.42 Å². The Morgan fingerprint density at radius 3 is 3.00 bits per heavy atom. The Morgan fingerprint density at radius 1 is 1.29 bits per heavy atom. The van der Waals surface area contributed by atoms with Crippen molar-refractivity contribution in [1.82, 2.24) is 9.97 Å². The zero-order chi connectivity index (χ0) is 9.80. The molecule has 1 heterocycles. The van der Waals surface area contributed by atoms with Crippen molar-refractivity contribution >= 4 is 10.9 Å². The summed E-state index contributed by atoms with van der Waals surface area (Å²) in [6, 6.07) is 7.63. The Labute approximate surface area is 81.8 Å². The molecule has 2 aromatic rings. The van der Waals surface area contributed by atoms with Crippen LogP contribution in [-0.2, 0) is 0 Å². The molecule has 0 amide bonds. The van der Waals surface area contributed by atoms with Gasteiger partial charge in [0.25, 0.3) is 0 Å². The Hall–Kier alpha value is -2.08. The molecule has 0 saturated heterocycles. The number of ether oxygens (including phenoxy) is 1. The lowest BCUT2D eigenvalue weighted by atomic mass is 10.2. The number of terminal acetylenes is 1. The second kappa shape index (κ2) is 3.75. The second-order valence-corrected chi connectivity index (χ2v) is 2.69. The lowest BCUT2D eigenvalue weighted by Crippen LogP contribution is -1.97. The molecule has 0 atom stereocenters. The molecule has 0 spiro atoms. The Balaban J connectivity index is 2.49. The van der Waals surface area contributed by atoms with Gasteiger partial charge in [0.05, 0.1) is 10.9 Å². The van der Waals surface area contributed by atoms with Gasteiger partial charge in [-0.2, -0.15) is 0 Å². The SMILES string of the molecule is C#CCOc1ncnc2ccccc12. The number of para-hydroxylation sites is 1. The second-order valence-electron chi connectivity index (χ2n) is 2.69. The van der Waals surface area contributed by atoms with Crippen molar-refractivity contribution in [2.75, 3.05) is 6.61 Å². The van der Waals surface area contributed by atoms with Crippen molar-refractivity contribution in [3.05, 3.63) is 30.6 Å². The first-order valence-corrected chi connectivity index (χ1v) is 4.18. The van der Waals surface area contributed by atoms with Crippen LogP contribution >= 0.6 is 0 Å². The fourth-order valence-electron chi connectivity index (χ4n) is 1.21. The van der Waals surface area contributed by atoms with Crippen LogP contribution in [0.3, 0.4) is 0 Å². The highest BCUT2D eigenvalue weighted by Gasteiger charge is 2.01. The van der Waals surface area contributed by atoms with Crippen LogP contribution in [0.15, 0.2) is 30.6 Å². The van der Waals surface area contributed by atoms with Crippen LogP contribution in [0.1, 0.15) is 0 Å². The van der Waals surface area contributed by atoms with E-state index in [1.54, 1.807) is 0 Å². The van der Waals surface area contributed by atoms with E-state index in [9.17, 15) is 0 Å². The summed E-state index contributed by atoms with van der Waals surface area (Å²) in [5.41, 5.74) is 0.856. The number of hydrogen-bond donors (Lipinski definition) is 0. The fourth-order valence-corrected chi connectivity index (χ4v) is 1.21. The average molecular weight is 184 g/mol. The summed E-state index contributed by atoms with van der Waals surface area (Å²) in [4.78, 5) is 8.12. The molecule has 0 aliphatic carbocycles. The highest BCUT2D eigenvalue weighted by molar-refractivity contribution is 5.82. The monoisotopic (exact) mass is 184 g/mol. The van der Waals surface area contributed by atoms with Gasteiger partial charge in [0, 0.05) is 0 Å². The van der Waals surface area contributed by atoms with Gasteiger partial charge in [-0.1, -0.05) is 18.1 Å². The normalized spacial score (nSPS) is 9.64. The van der Waals surface area contributed by atoms with Gasteiger partial charge in [-0.3, -0.25) is 0 Å². The summed E-state index contributed by atoms with van der Waals surface area (Å²) >= 11 is 0. The minimum Gasteiger partial charge on any atom is -0.464 e. The van der Waals surface area contributed by atoms with Crippen molar-refractivity contribution in [3.63, 3.8) is 0 Å². The van der Waals surface area contributed by atoms with Gasteiger partial charge in [-0.05, 0) is 12.1 Å². The van der Waals surface area contributed by atoms with Gasteiger partial charge in [-0.25, -0.2) is 9.97 Å². The van der Waals surface area contributed by atoms with Crippen molar-refractivity contribution in [2.45, 2.75) is 0 Å².